The number of unbranched alkanes of at least 4 members (excludes halogenated alkanes) is 12. The van der Waals surface area contributed by atoms with Gasteiger partial charge in [-0.2, -0.15) is 0 Å². The molecule has 0 aliphatic heterocycles. The third kappa shape index (κ3) is 19.4. The topological polar surface area (TPSA) is 55.4 Å². The van der Waals surface area contributed by atoms with Gasteiger partial charge in [-0.15, -0.1) is 0 Å². The minimum atomic E-state index is -1.25. The molecule has 0 aliphatic rings. The molecule has 6 nitrogen and oxygen atoms in total. The molecule has 0 amide bonds. The lowest BCUT2D eigenvalue weighted by molar-refractivity contribution is -0.468. The molecule has 0 radical (unpaired) electrons. The zero-order valence-corrected chi connectivity index (χ0v) is 35.9. The second-order valence-electron chi connectivity index (χ2n) is 17.0. The first-order chi connectivity index (χ1) is 22.9. The normalized spacial score (nSPS) is 14.8. The molecule has 0 aromatic rings. The molecular formula is C43H88O6. The van der Waals surface area contributed by atoms with Crippen LogP contribution in [0.1, 0.15) is 214 Å². The minimum Gasteiger partial charge on any atom is -0.324 e. The lowest BCUT2D eigenvalue weighted by Gasteiger charge is -2.55. The van der Waals surface area contributed by atoms with E-state index < -0.39 is 17.4 Å². The van der Waals surface area contributed by atoms with E-state index in [-0.39, 0.29) is 48.5 Å². The zero-order valence-electron chi connectivity index (χ0n) is 35.9. The minimum absolute atomic E-state index is 0.0955. The Morgan fingerprint density at radius 1 is 0.327 bits per heavy atom. The van der Waals surface area contributed by atoms with Crippen LogP contribution in [0, 0.1) is 17.3 Å². The summed E-state index contributed by atoms with van der Waals surface area (Å²) in [6, 6.07) is 0. The summed E-state index contributed by atoms with van der Waals surface area (Å²) in [6.45, 7) is 34.4. The fourth-order valence-electron chi connectivity index (χ4n) is 7.49. The first-order valence-electron chi connectivity index (χ1n) is 21.0. The molecule has 0 bridgehead atoms. The summed E-state index contributed by atoms with van der Waals surface area (Å²) in [7, 11) is 0. The smallest absolute Gasteiger partial charge is 0.287 e. The highest BCUT2D eigenvalue weighted by Crippen LogP contribution is 2.54. The van der Waals surface area contributed by atoms with Gasteiger partial charge >= 0.3 is 0 Å². The average Bonchev–Trinajstić information content (AvgIpc) is 2.93. The first-order valence-corrected chi connectivity index (χ1v) is 21.0. The second kappa shape index (κ2) is 25.7. The van der Waals surface area contributed by atoms with Gasteiger partial charge in [0.15, 0.2) is 0 Å². The molecule has 0 saturated heterocycles. The Hall–Kier alpha value is -0.240. The van der Waals surface area contributed by atoms with Crippen LogP contribution in [-0.2, 0) is 28.4 Å². The van der Waals surface area contributed by atoms with Crippen LogP contribution in [0.15, 0.2) is 0 Å². The highest BCUT2D eigenvalue weighted by molar-refractivity contribution is 4.96. The van der Waals surface area contributed by atoms with E-state index in [0.717, 1.165) is 25.7 Å². The van der Waals surface area contributed by atoms with Gasteiger partial charge in [-0.3, -0.25) is 0 Å². The average molecular weight is 701 g/mol. The van der Waals surface area contributed by atoms with Crippen molar-refractivity contribution >= 4 is 0 Å². The van der Waals surface area contributed by atoms with E-state index in [0.29, 0.717) is 0 Å². The van der Waals surface area contributed by atoms with Gasteiger partial charge in [0.05, 0.1) is 36.6 Å². The van der Waals surface area contributed by atoms with Gasteiger partial charge in [0, 0.05) is 11.8 Å². The van der Waals surface area contributed by atoms with Crippen LogP contribution in [0.2, 0.25) is 0 Å². The molecule has 49 heavy (non-hydrogen) atoms. The summed E-state index contributed by atoms with van der Waals surface area (Å²) >= 11 is 0. The fourth-order valence-corrected chi connectivity index (χ4v) is 7.49. The van der Waals surface area contributed by atoms with Crippen molar-refractivity contribution in [1.82, 2.24) is 0 Å². The quantitative estimate of drug-likeness (QED) is 0.0514. The summed E-state index contributed by atoms with van der Waals surface area (Å²) in [5, 5.41) is 0. The summed E-state index contributed by atoms with van der Waals surface area (Å²) < 4.78 is 41.6. The third-order valence-electron chi connectivity index (χ3n) is 9.24. The molecule has 296 valence electrons. The monoisotopic (exact) mass is 701 g/mol. The van der Waals surface area contributed by atoms with Crippen molar-refractivity contribution in [3.63, 3.8) is 0 Å². The van der Waals surface area contributed by atoms with Crippen LogP contribution in [-0.4, -0.2) is 48.6 Å². The Labute approximate surface area is 307 Å². The summed E-state index contributed by atoms with van der Waals surface area (Å²) in [5.74, 6) is -2.75. The van der Waals surface area contributed by atoms with Crippen LogP contribution >= 0.6 is 0 Å². The standard InChI is InChI=1S/C43H88O6/c1-17-19-21-23-25-27-29-31-39(42(44-33(3)4,45-34(5)6)46-35(7)8)41(15,16)40(32-30-28-26-24-22-20-18-2)43(47-36(9)10,48-37(11)12)49-38(13)14/h33-40H,17-32H2,1-16H3. The zero-order chi connectivity index (χ0) is 37.7. The van der Waals surface area contributed by atoms with Crippen LogP contribution < -0.4 is 0 Å². The van der Waals surface area contributed by atoms with Crippen LogP contribution in [0.5, 0.6) is 0 Å². The number of hydrogen-bond donors (Lipinski definition) is 0. The van der Waals surface area contributed by atoms with Crippen molar-refractivity contribution in [3.05, 3.63) is 0 Å². The summed E-state index contributed by atoms with van der Waals surface area (Å²) in [4.78, 5) is 0. The summed E-state index contributed by atoms with van der Waals surface area (Å²) in [6.07, 6.45) is 18.6. The fraction of sp³-hybridized carbons (Fsp3) is 1.00. The molecular weight excluding hydrogens is 612 g/mol. The van der Waals surface area contributed by atoms with Crippen LogP contribution in [0.4, 0.5) is 0 Å². The lowest BCUT2D eigenvalue weighted by atomic mass is 9.63. The van der Waals surface area contributed by atoms with Crippen molar-refractivity contribution in [2.24, 2.45) is 17.3 Å². The molecule has 0 aromatic heterocycles. The van der Waals surface area contributed by atoms with E-state index in [1.54, 1.807) is 0 Å². The van der Waals surface area contributed by atoms with Crippen LogP contribution in [0.3, 0.4) is 0 Å². The van der Waals surface area contributed by atoms with Crippen molar-refractivity contribution in [3.8, 4) is 0 Å². The Bertz CT molecular complexity index is 659. The van der Waals surface area contributed by atoms with Crippen LogP contribution in [0.25, 0.3) is 0 Å². The van der Waals surface area contributed by atoms with Gasteiger partial charge in [0.1, 0.15) is 0 Å². The maximum Gasteiger partial charge on any atom is 0.287 e. The molecule has 2 unspecified atom stereocenters. The van der Waals surface area contributed by atoms with E-state index in [1.165, 1.54) is 77.0 Å². The van der Waals surface area contributed by atoms with E-state index >= 15 is 0 Å². The maximum absolute atomic E-state index is 6.94. The van der Waals surface area contributed by atoms with Crippen molar-refractivity contribution in [2.45, 2.75) is 262 Å². The number of ether oxygens (including phenoxy) is 6. The third-order valence-corrected chi connectivity index (χ3v) is 9.24. The predicted octanol–water partition coefficient (Wildman–Crippen LogP) is 13.4. The van der Waals surface area contributed by atoms with Gasteiger partial charge in [0.25, 0.3) is 11.9 Å². The molecule has 0 N–H and O–H groups in total. The second-order valence-corrected chi connectivity index (χ2v) is 17.0. The van der Waals surface area contributed by atoms with Crippen molar-refractivity contribution in [2.75, 3.05) is 0 Å². The molecule has 0 rings (SSSR count). The predicted molar refractivity (Wildman–Crippen MR) is 209 cm³/mol. The van der Waals surface area contributed by atoms with Gasteiger partial charge < -0.3 is 28.4 Å². The molecule has 0 spiro atoms. The Balaban J connectivity index is 7.36. The van der Waals surface area contributed by atoms with Gasteiger partial charge in [-0.05, 0) is 101 Å². The summed E-state index contributed by atoms with van der Waals surface area (Å²) in [5.41, 5.74) is -0.443. The largest absolute Gasteiger partial charge is 0.324 e. The van der Waals surface area contributed by atoms with Gasteiger partial charge in [-0.1, -0.05) is 118 Å². The molecule has 6 heteroatoms. The number of rotatable bonds is 32. The molecule has 0 saturated carbocycles. The van der Waals surface area contributed by atoms with Gasteiger partial charge in [0.2, 0.25) is 0 Å². The van der Waals surface area contributed by atoms with Gasteiger partial charge in [-0.25, -0.2) is 0 Å². The Morgan fingerprint density at radius 3 is 0.735 bits per heavy atom. The molecule has 0 aromatic carbocycles. The molecule has 0 heterocycles. The van der Waals surface area contributed by atoms with Crippen molar-refractivity contribution < 1.29 is 28.4 Å². The van der Waals surface area contributed by atoms with E-state index in [2.05, 4.69) is 111 Å². The molecule has 0 aliphatic carbocycles. The highest BCUT2D eigenvalue weighted by Gasteiger charge is 2.60. The Morgan fingerprint density at radius 2 is 0.531 bits per heavy atom. The highest BCUT2D eigenvalue weighted by atomic mass is 16.9. The molecule has 2 atom stereocenters. The first kappa shape index (κ1) is 48.8. The lowest BCUT2D eigenvalue weighted by Crippen LogP contribution is -2.62. The maximum atomic E-state index is 6.94. The Kier molecular flexibility index (Phi) is 25.6. The van der Waals surface area contributed by atoms with E-state index in [9.17, 15) is 0 Å². The van der Waals surface area contributed by atoms with E-state index in [4.69, 9.17) is 28.4 Å². The van der Waals surface area contributed by atoms with Crippen molar-refractivity contribution in [1.29, 1.82) is 0 Å². The molecule has 0 fully saturated rings. The number of hydrogen-bond acceptors (Lipinski definition) is 6. The van der Waals surface area contributed by atoms with E-state index in [1.807, 2.05) is 0 Å². The SMILES string of the molecule is CCCCCCCCCC(C(OC(C)C)(OC(C)C)OC(C)C)C(C)(C)C(CCCCCCCCC)C(OC(C)C)(OC(C)C)OC(C)C.